The fourth-order valence-corrected chi connectivity index (χ4v) is 2.98. The summed E-state index contributed by atoms with van der Waals surface area (Å²) >= 11 is 6.05. The summed E-state index contributed by atoms with van der Waals surface area (Å²) in [6.07, 6.45) is 0. The number of nitrogens with one attached hydrogen (secondary N) is 2. The molecule has 112 valence electrons. The third kappa shape index (κ3) is 4.68. The van der Waals surface area contributed by atoms with E-state index in [0.717, 1.165) is 0 Å². The zero-order valence-corrected chi connectivity index (χ0v) is 13.3. The Morgan fingerprint density at radius 3 is 2.60 bits per heavy atom. The van der Waals surface area contributed by atoms with Gasteiger partial charge in [0.05, 0.1) is 16.5 Å². The third-order valence-electron chi connectivity index (χ3n) is 2.80. The molecule has 1 aromatic rings. The molecule has 1 aromatic carbocycles. The van der Waals surface area contributed by atoms with E-state index in [4.69, 9.17) is 11.6 Å². The van der Waals surface area contributed by atoms with Gasteiger partial charge in [0, 0.05) is 24.4 Å². The van der Waals surface area contributed by atoms with Crippen molar-refractivity contribution in [2.75, 3.05) is 23.9 Å². The molecule has 0 radical (unpaired) electrons. The Labute approximate surface area is 124 Å². The van der Waals surface area contributed by atoms with Crippen LogP contribution in [0.1, 0.15) is 24.2 Å². The average Bonchev–Trinajstić information content (AvgIpc) is 2.39. The van der Waals surface area contributed by atoms with Gasteiger partial charge in [-0.25, -0.2) is 8.42 Å². The predicted molar refractivity (Wildman–Crippen MR) is 82.3 cm³/mol. The van der Waals surface area contributed by atoms with Crippen molar-refractivity contribution in [1.29, 1.82) is 0 Å². The van der Waals surface area contributed by atoms with Crippen LogP contribution in [0.3, 0.4) is 0 Å². The van der Waals surface area contributed by atoms with E-state index in [9.17, 15) is 13.2 Å². The van der Waals surface area contributed by atoms with Crippen molar-refractivity contribution < 1.29 is 13.2 Å². The fraction of sp³-hybridized carbons (Fsp3) is 0.462. The van der Waals surface area contributed by atoms with Gasteiger partial charge in [0.25, 0.3) is 5.91 Å². The van der Waals surface area contributed by atoms with Crippen molar-refractivity contribution in [2.45, 2.75) is 19.9 Å². The van der Waals surface area contributed by atoms with Gasteiger partial charge in [-0.1, -0.05) is 18.5 Å². The zero-order chi connectivity index (χ0) is 15.3. The van der Waals surface area contributed by atoms with E-state index in [2.05, 4.69) is 10.6 Å². The maximum atomic E-state index is 11.6. The van der Waals surface area contributed by atoms with Crippen LogP contribution in [0.2, 0.25) is 5.02 Å². The number of hydrogen-bond donors (Lipinski definition) is 2. The molecular formula is C13H19ClN2O3S. The van der Waals surface area contributed by atoms with E-state index in [1.54, 1.807) is 39.1 Å². The first-order valence-corrected chi connectivity index (χ1v) is 8.47. The van der Waals surface area contributed by atoms with Crippen LogP contribution in [0, 0.1) is 0 Å². The predicted octanol–water partition coefficient (Wildman–Crippen LogP) is 1.93. The first-order chi connectivity index (χ1) is 9.29. The van der Waals surface area contributed by atoms with Crippen LogP contribution in [0.5, 0.6) is 0 Å². The van der Waals surface area contributed by atoms with Crippen LogP contribution in [0.4, 0.5) is 5.69 Å². The van der Waals surface area contributed by atoms with Gasteiger partial charge in [0.2, 0.25) is 0 Å². The number of hydrogen-bond acceptors (Lipinski definition) is 4. The lowest BCUT2D eigenvalue weighted by Gasteiger charge is -2.16. The minimum atomic E-state index is -3.07. The number of carbonyl (C=O) groups excluding carboxylic acids is 1. The van der Waals surface area contributed by atoms with Crippen LogP contribution < -0.4 is 10.6 Å². The molecule has 20 heavy (non-hydrogen) atoms. The van der Waals surface area contributed by atoms with Gasteiger partial charge in [-0.05, 0) is 25.1 Å². The van der Waals surface area contributed by atoms with Gasteiger partial charge in [0.1, 0.15) is 0 Å². The van der Waals surface area contributed by atoms with Gasteiger partial charge < -0.3 is 10.6 Å². The molecule has 5 nitrogen and oxygen atoms in total. The summed E-state index contributed by atoms with van der Waals surface area (Å²) in [5, 5.41) is 5.99. The smallest absolute Gasteiger partial charge is 0.251 e. The Morgan fingerprint density at radius 1 is 1.40 bits per heavy atom. The zero-order valence-electron chi connectivity index (χ0n) is 11.7. The van der Waals surface area contributed by atoms with Crippen molar-refractivity contribution in [3.63, 3.8) is 0 Å². The largest absolute Gasteiger partial charge is 0.380 e. The summed E-state index contributed by atoms with van der Waals surface area (Å²) in [7, 11) is -1.53. The standard InChI is InChI=1S/C13H19ClN2O3S/c1-4-20(18,19)8-9(2)16-12-7-10(13(17)15-3)5-6-11(12)14/h5-7,9,16H,4,8H2,1-3H3,(H,15,17). The molecule has 0 aliphatic rings. The number of benzene rings is 1. The highest BCUT2D eigenvalue weighted by Crippen LogP contribution is 2.24. The van der Waals surface area contributed by atoms with Gasteiger partial charge in [-0.3, -0.25) is 4.79 Å². The molecule has 0 saturated carbocycles. The molecule has 0 fully saturated rings. The summed E-state index contributed by atoms with van der Waals surface area (Å²) < 4.78 is 23.1. The molecular weight excluding hydrogens is 300 g/mol. The maximum absolute atomic E-state index is 11.6. The van der Waals surface area contributed by atoms with Gasteiger partial charge in [-0.15, -0.1) is 0 Å². The third-order valence-corrected chi connectivity index (χ3v) is 5.02. The SMILES string of the molecule is CCS(=O)(=O)CC(C)Nc1cc(C(=O)NC)ccc1Cl. The Bertz CT molecular complexity index is 587. The van der Waals surface area contributed by atoms with Crippen LogP contribution in [0.25, 0.3) is 0 Å². The molecule has 0 aliphatic heterocycles. The number of halogens is 1. The fourth-order valence-electron chi connectivity index (χ4n) is 1.73. The number of anilines is 1. The Morgan fingerprint density at radius 2 is 2.05 bits per heavy atom. The van der Waals surface area contributed by atoms with E-state index in [-0.39, 0.29) is 23.5 Å². The lowest BCUT2D eigenvalue weighted by atomic mass is 10.2. The Balaban J connectivity index is 2.89. The monoisotopic (exact) mass is 318 g/mol. The minimum absolute atomic E-state index is 0.0179. The van der Waals surface area contributed by atoms with Crippen molar-refractivity contribution in [3.05, 3.63) is 28.8 Å². The highest BCUT2D eigenvalue weighted by atomic mass is 35.5. The lowest BCUT2D eigenvalue weighted by molar-refractivity contribution is 0.0963. The average molecular weight is 319 g/mol. The number of rotatable bonds is 6. The van der Waals surface area contributed by atoms with Gasteiger partial charge >= 0.3 is 0 Å². The molecule has 0 spiro atoms. The Kier molecular flexibility index (Phi) is 5.83. The highest BCUT2D eigenvalue weighted by Gasteiger charge is 2.15. The van der Waals surface area contributed by atoms with E-state index in [0.29, 0.717) is 16.3 Å². The molecule has 0 aliphatic carbocycles. The van der Waals surface area contributed by atoms with E-state index in [1.807, 2.05) is 0 Å². The molecule has 1 atom stereocenters. The molecule has 1 amide bonds. The molecule has 0 saturated heterocycles. The minimum Gasteiger partial charge on any atom is -0.380 e. The summed E-state index contributed by atoms with van der Waals surface area (Å²) in [4.78, 5) is 11.6. The van der Waals surface area contributed by atoms with E-state index in [1.165, 1.54) is 0 Å². The van der Waals surface area contributed by atoms with Crippen LogP contribution in [-0.4, -0.2) is 38.9 Å². The van der Waals surface area contributed by atoms with Crippen molar-refractivity contribution in [3.8, 4) is 0 Å². The maximum Gasteiger partial charge on any atom is 0.251 e. The number of carbonyl (C=O) groups is 1. The molecule has 0 aromatic heterocycles. The summed E-state index contributed by atoms with van der Waals surface area (Å²) in [6, 6.07) is 4.53. The van der Waals surface area contributed by atoms with Crippen LogP contribution >= 0.6 is 11.6 Å². The molecule has 2 N–H and O–H groups in total. The molecule has 1 unspecified atom stereocenters. The molecule has 0 heterocycles. The van der Waals surface area contributed by atoms with Crippen molar-refractivity contribution in [1.82, 2.24) is 5.32 Å². The van der Waals surface area contributed by atoms with Crippen LogP contribution in [0.15, 0.2) is 18.2 Å². The quantitative estimate of drug-likeness (QED) is 0.840. The second kappa shape index (κ2) is 6.95. The van der Waals surface area contributed by atoms with Crippen molar-refractivity contribution >= 4 is 33.0 Å². The first-order valence-electron chi connectivity index (χ1n) is 6.27. The lowest BCUT2D eigenvalue weighted by Crippen LogP contribution is -2.27. The van der Waals surface area contributed by atoms with E-state index >= 15 is 0 Å². The molecule has 1 rings (SSSR count). The first kappa shape index (κ1) is 16.8. The molecule has 0 bridgehead atoms. The summed E-state index contributed by atoms with van der Waals surface area (Å²) in [6.45, 7) is 3.37. The summed E-state index contributed by atoms with van der Waals surface area (Å²) in [5.41, 5.74) is 1.01. The summed E-state index contributed by atoms with van der Waals surface area (Å²) in [5.74, 6) is -0.103. The highest BCUT2D eigenvalue weighted by molar-refractivity contribution is 7.91. The topological polar surface area (TPSA) is 75.3 Å². The second-order valence-electron chi connectivity index (χ2n) is 4.52. The number of amides is 1. The van der Waals surface area contributed by atoms with E-state index < -0.39 is 9.84 Å². The van der Waals surface area contributed by atoms with Crippen molar-refractivity contribution in [2.24, 2.45) is 0 Å². The normalized spacial score (nSPS) is 12.8. The van der Waals surface area contributed by atoms with Gasteiger partial charge in [-0.2, -0.15) is 0 Å². The molecule has 7 heteroatoms. The van der Waals surface area contributed by atoms with Gasteiger partial charge in [0.15, 0.2) is 9.84 Å². The second-order valence-corrected chi connectivity index (χ2v) is 7.32. The van der Waals surface area contributed by atoms with Crippen LogP contribution in [-0.2, 0) is 9.84 Å². The number of sulfone groups is 1. The Hall–Kier alpha value is -1.27.